The molecule has 7 rings (SSSR count). The highest BCUT2D eigenvalue weighted by atomic mass is 16.6. The Hall–Kier alpha value is -5.13. The molecule has 2 aliphatic heterocycles. The third-order valence-corrected chi connectivity index (χ3v) is 7.52. The van der Waals surface area contributed by atoms with Crippen LogP contribution in [0.25, 0.3) is 16.6 Å². The number of carbonyl (C=O) groups excluding carboxylic acids is 1. The Kier molecular flexibility index (Phi) is 6.41. The molecule has 3 aromatic heterocycles. The first-order chi connectivity index (χ1) is 20.7. The number of hydrogen-bond acceptors (Lipinski definition) is 10. The Balaban J connectivity index is 1.12. The van der Waals surface area contributed by atoms with E-state index in [1.54, 1.807) is 15.7 Å². The van der Waals surface area contributed by atoms with Crippen LogP contribution in [0.4, 0.5) is 22.0 Å². The summed E-state index contributed by atoms with van der Waals surface area (Å²) < 4.78 is 19.7. The van der Waals surface area contributed by atoms with E-state index in [2.05, 4.69) is 36.3 Å². The summed E-state index contributed by atoms with van der Waals surface area (Å²) in [5.74, 6) is 2.85. The van der Waals surface area contributed by atoms with Gasteiger partial charge in [-0.3, -0.25) is 4.90 Å². The number of aromatic nitrogens is 5. The average molecular weight is 581 g/mol. The van der Waals surface area contributed by atoms with Crippen molar-refractivity contribution in [2.24, 2.45) is 0 Å². The fraction of sp³-hybridized carbons (Fsp3) is 0.323. The molecule has 0 spiro atoms. The predicted octanol–water partition coefficient (Wildman–Crippen LogP) is 5.33. The number of ether oxygens (including phenoxy) is 3. The summed E-state index contributed by atoms with van der Waals surface area (Å²) in [4.78, 5) is 30.2. The van der Waals surface area contributed by atoms with Crippen molar-refractivity contribution in [1.82, 2.24) is 29.5 Å². The number of piperazine rings is 1. The van der Waals surface area contributed by atoms with Gasteiger partial charge >= 0.3 is 6.09 Å². The van der Waals surface area contributed by atoms with Gasteiger partial charge in [0.2, 0.25) is 0 Å². The van der Waals surface area contributed by atoms with Crippen molar-refractivity contribution < 1.29 is 19.0 Å². The number of amides is 1. The van der Waals surface area contributed by atoms with Gasteiger partial charge in [0.25, 0.3) is 0 Å². The van der Waals surface area contributed by atoms with Crippen LogP contribution in [0, 0.1) is 6.92 Å². The lowest BCUT2D eigenvalue weighted by atomic mass is 10.1. The van der Waals surface area contributed by atoms with Crippen LogP contribution in [0.2, 0.25) is 0 Å². The topological polar surface area (TPSA) is 119 Å². The van der Waals surface area contributed by atoms with Gasteiger partial charge in [-0.2, -0.15) is 5.10 Å². The smallest absolute Gasteiger partial charge is 0.410 e. The molecule has 0 aliphatic carbocycles. The SMILES string of the molecule is Cc1cc(Nc2ncnc3cc4c(cc23)N2CCN(C(=O)OC(C)(C)C)[C@H](CO4)C2)ccc1Oc1ccn2ncnc2c1. The van der Waals surface area contributed by atoms with Crippen molar-refractivity contribution in [2.45, 2.75) is 39.3 Å². The maximum atomic E-state index is 12.9. The molecule has 1 N–H and O–H groups in total. The van der Waals surface area contributed by atoms with Crippen molar-refractivity contribution in [1.29, 1.82) is 0 Å². The molecular formula is C31H32N8O4. The number of fused-ring (bicyclic) bond motifs is 6. The van der Waals surface area contributed by atoms with Crippen LogP contribution >= 0.6 is 0 Å². The summed E-state index contributed by atoms with van der Waals surface area (Å²) in [6, 6.07) is 13.5. The van der Waals surface area contributed by atoms with Crippen molar-refractivity contribution >= 4 is 39.8 Å². The standard InChI is InChI=1S/C31H32N8O4/c1-19-11-20(5-6-26(19)42-22-7-8-39-28(12-22)33-18-35-39)36-29-23-13-25-27(14-24(23)32-17-34-29)41-16-21-15-37(25)9-10-38(21)30(40)43-31(2,3)4/h5-8,11-14,17-18,21H,9-10,15-16H2,1-4H3,(H,32,34,36)/t21-/m0/s1. The van der Waals surface area contributed by atoms with Crippen molar-refractivity contribution in [2.75, 3.05) is 36.5 Å². The second-order valence-electron chi connectivity index (χ2n) is 11.8. The van der Waals surface area contributed by atoms with Gasteiger partial charge in [0.05, 0.1) is 17.2 Å². The van der Waals surface area contributed by atoms with Gasteiger partial charge in [-0.15, -0.1) is 0 Å². The third-order valence-electron chi connectivity index (χ3n) is 7.52. The van der Waals surface area contributed by atoms with Crippen LogP contribution in [0.5, 0.6) is 17.2 Å². The summed E-state index contributed by atoms with van der Waals surface area (Å²) in [7, 11) is 0. The lowest BCUT2D eigenvalue weighted by molar-refractivity contribution is 0.00975. The van der Waals surface area contributed by atoms with Gasteiger partial charge in [-0.25, -0.2) is 24.3 Å². The molecule has 2 bridgehead atoms. The Labute approximate surface area is 248 Å². The highest BCUT2D eigenvalue weighted by Gasteiger charge is 2.37. The van der Waals surface area contributed by atoms with Gasteiger partial charge in [0.1, 0.15) is 47.9 Å². The predicted molar refractivity (Wildman–Crippen MR) is 161 cm³/mol. The minimum atomic E-state index is -0.554. The zero-order chi connectivity index (χ0) is 29.7. The first kappa shape index (κ1) is 26.7. The molecule has 0 saturated carbocycles. The van der Waals surface area contributed by atoms with Crippen molar-refractivity contribution in [3.63, 3.8) is 0 Å². The number of anilines is 3. The van der Waals surface area contributed by atoms with Crippen LogP contribution in [0.15, 0.2) is 61.3 Å². The Morgan fingerprint density at radius 3 is 2.77 bits per heavy atom. The molecule has 1 atom stereocenters. The normalized spacial score (nSPS) is 16.4. The van der Waals surface area contributed by atoms with Crippen molar-refractivity contribution in [3.8, 4) is 17.2 Å². The molecule has 1 saturated heterocycles. The number of rotatable bonds is 4. The van der Waals surface area contributed by atoms with E-state index in [9.17, 15) is 4.79 Å². The van der Waals surface area contributed by atoms with Crippen molar-refractivity contribution in [3.05, 3.63) is 66.9 Å². The number of pyridine rings is 1. The van der Waals surface area contributed by atoms with E-state index in [1.165, 1.54) is 6.33 Å². The molecule has 1 amide bonds. The van der Waals surface area contributed by atoms with Gasteiger partial charge in [0, 0.05) is 49.0 Å². The number of benzene rings is 2. The van der Waals surface area contributed by atoms with Crippen LogP contribution in [0.3, 0.4) is 0 Å². The first-order valence-electron chi connectivity index (χ1n) is 14.2. The lowest BCUT2D eigenvalue weighted by Gasteiger charge is -2.40. The fourth-order valence-corrected chi connectivity index (χ4v) is 5.46. The molecule has 2 aliphatic rings. The maximum Gasteiger partial charge on any atom is 0.410 e. The zero-order valence-corrected chi connectivity index (χ0v) is 24.4. The molecule has 5 aromatic rings. The van der Waals surface area contributed by atoms with Gasteiger partial charge in [-0.1, -0.05) is 0 Å². The molecule has 43 heavy (non-hydrogen) atoms. The summed E-state index contributed by atoms with van der Waals surface area (Å²) in [6.45, 7) is 9.88. The largest absolute Gasteiger partial charge is 0.489 e. The van der Waals surface area contributed by atoms with E-state index >= 15 is 0 Å². The number of aryl methyl sites for hydroxylation is 1. The summed E-state index contributed by atoms with van der Waals surface area (Å²) in [5.41, 5.74) is 3.71. The third kappa shape index (κ3) is 5.31. The van der Waals surface area contributed by atoms with E-state index in [0.29, 0.717) is 43.5 Å². The van der Waals surface area contributed by atoms with Gasteiger partial charge in [-0.05, 0) is 63.6 Å². The van der Waals surface area contributed by atoms with Gasteiger partial charge in [0.15, 0.2) is 5.65 Å². The quantitative estimate of drug-likeness (QED) is 0.299. The minimum absolute atomic E-state index is 0.121. The molecule has 12 heteroatoms. The number of nitrogens with one attached hydrogen (secondary N) is 1. The number of hydrogen-bond donors (Lipinski definition) is 1. The molecule has 1 fully saturated rings. The Bertz CT molecular complexity index is 1850. The summed E-state index contributed by atoms with van der Waals surface area (Å²) in [6.07, 6.45) is 4.56. The Morgan fingerprint density at radius 2 is 1.93 bits per heavy atom. The van der Waals surface area contributed by atoms with Crippen LogP contribution < -0.4 is 19.7 Å². The average Bonchev–Trinajstić information content (AvgIpc) is 3.39. The fourth-order valence-electron chi connectivity index (χ4n) is 5.46. The summed E-state index contributed by atoms with van der Waals surface area (Å²) in [5, 5.41) is 8.46. The lowest BCUT2D eigenvalue weighted by Crippen LogP contribution is -2.57. The second-order valence-corrected chi connectivity index (χ2v) is 11.8. The van der Waals surface area contributed by atoms with E-state index in [1.807, 2.05) is 70.3 Å². The summed E-state index contributed by atoms with van der Waals surface area (Å²) >= 11 is 0. The van der Waals surface area contributed by atoms with E-state index in [-0.39, 0.29) is 12.1 Å². The highest BCUT2D eigenvalue weighted by molar-refractivity contribution is 5.95. The van der Waals surface area contributed by atoms with E-state index in [0.717, 1.165) is 39.3 Å². The second kappa shape index (κ2) is 10.3. The molecule has 5 heterocycles. The maximum absolute atomic E-state index is 12.9. The minimum Gasteiger partial charge on any atom is -0.489 e. The van der Waals surface area contributed by atoms with Crippen LogP contribution in [-0.2, 0) is 4.74 Å². The first-order valence-corrected chi connectivity index (χ1v) is 14.2. The molecule has 220 valence electrons. The molecule has 2 aromatic carbocycles. The molecular weight excluding hydrogens is 548 g/mol. The molecule has 0 radical (unpaired) electrons. The van der Waals surface area contributed by atoms with Gasteiger partial charge < -0.3 is 24.4 Å². The van der Waals surface area contributed by atoms with Crippen LogP contribution in [-0.4, -0.2) is 73.4 Å². The van der Waals surface area contributed by atoms with E-state index in [4.69, 9.17) is 14.2 Å². The molecule has 0 unspecified atom stereocenters. The van der Waals surface area contributed by atoms with E-state index < -0.39 is 5.60 Å². The Morgan fingerprint density at radius 1 is 1.05 bits per heavy atom. The molecule has 12 nitrogen and oxygen atoms in total. The number of nitrogens with zero attached hydrogens (tertiary/aromatic N) is 7. The van der Waals surface area contributed by atoms with Crippen LogP contribution in [0.1, 0.15) is 26.3 Å². The highest BCUT2D eigenvalue weighted by Crippen LogP contribution is 2.39. The zero-order valence-electron chi connectivity index (χ0n) is 24.4. The monoisotopic (exact) mass is 580 g/mol. The number of carbonyl (C=O) groups is 1.